The molecule has 25 heavy (non-hydrogen) atoms. The number of fused-ring (bicyclic) bond motifs is 1. The van der Waals surface area contributed by atoms with Gasteiger partial charge in [-0.3, -0.25) is 0 Å². The fourth-order valence-corrected chi connectivity index (χ4v) is 4.47. The second-order valence-corrected chi connectivity index (χ2v) is 7.63. The number of rotatable bonds is 4. The van der Waals surface area contributed by atoms with Crippen molar-refractivity contribution in [1.29, 1.82) is 0 Å². The summed E-state index contributed by atoms with van der Waals surface area (Å²) in [7, 11) is 0. The van der Waals surface area contributed by atoms with Crippen LogP contribution < -0.4 is 5.32 Å². The first-order valence-corrected chi connectivity index (χ1v) is 9.59. The Morgan fingerprint density at radius 1 is 1.28 bits per heavy atom. The first-order valence-electron chi connectivity index (χ1n) is 8.39. The zero-order chi connectivity index (χ0) is 17.2. The Morgan fingerprint density at radius 2 is 2.16 bits per heavy atom. The van der Waals surface area contributed by atoms with Crippen molar-refractivity contribution in [3.05, 3.63) is 57.8 Å². The van der Waals surface area contributed by atoms with Gasteiger partial charge in [0.25, 0.3) is 0 Å². The van der Waals surface area contributed by atoms with Crippen molar-refractivity contribution in [3.63, 3.8) is 0 Å². The molecule has 1 aromatic carbocycles. The highest BCUT2D eigenvalue weighted by atomic mass is 35.5. The lowest BCUT2D eigenvalue weighted by Crippen LogP contribution is -2.09. The fraction of sp³-hybridized carbons (Fsp3) is 0.316. The molecule has 1 fully saturated rings. The molecule has 1 atom stereocenters. The molecule has 0 saturated carbocycles. The Bertz CT molecular complexity index is 892. The number of thiophene rings is 1. The average molecular weight is 377 g/mol. The molecule has 130 valence electrons. The first-order chi connectivity index (χ1) is 12.2. The standard InChI is InChI=1S/C19H18ClFN2OS/c20-18-10-14(22-11-12-5-1-2-6-13(12)21)19-15(23-18)9-17(25-19)16-7-3-4-8-24-16/h1-2,5-6,9-10,16H,3-4,7-8,11H2,(H,22,23)/t16-/m1/s1. The largest absolute Gasteiger partial charge is 0.380 e. The summed E-state index contributed by atoms with van der Waals surface area (Å²) in [5.74, 6) is -0.214. The Hall–Kier alpha value is -1.69. The number of hydrogen-bond donors (Lipinski definition) is 1. The van der Waals surface area contributed by atoms with Crippen molar-refractivity contribution >= 4 is 38.8 Å². The minimum atomic E-state index is -0.214. The second kappa shape index (κ2) is 7.28. The molecule has 0 bridgehead atoms. The third-order valence-corrected chi connectivity index (χ3v) is 5.83. The monoisotopic (exact) mass is 376 g/mol. The highest BCUT2D eigenvalue weighted by molar-refractivity contribution is 7.19. The quantitative estimate of drug-likeness (QED) is 0.572. The Morgan fingerprint density at radius 3 is 2.96 bits per heavy atom. The SMILES string of the molecule is Fc1ccccc1CNc1cc(Cl)nc2cc([C@H]3CCCCO3)sc12. The van der Waals surface area contributed by atoms with E-state index in [9.17, 15) is 4.39 Å². The minimum Gasteiger partial charge on any atom is -0.380 e. The molecule has 0 spiro atoms. The first kappa shape index (κ1) is 16.8. The van der Waals surface area contributed by atoms with Crippen molar-refractivity contribution in [3.8, 4) is 0 Å². The van der Waals surface area contributed by atoms with Gasteiger partial charge in [-0.05, 0) is 31.4 Å². The van der Waals surface area contributed by atoms with Crippen LogP contribution in [-0.2, 0) is 11.3 Å². The molecule has 1 aliphatic rings. The van der Waals surface area contributed by atoms with E-state index in [0.29, 0.717) is 17.3 Å². The summed E-state index contributed by atoms with van der Waals surface area (Å²) in [6.45, 7) is 1.21. The van der Waals surface area contributed by atoms with Gasteiger partial charge >= 0.3 is 0 Å². The molecule has 3 nitrogen and oxygen atoms in total. The van der Waals surface area contributed by atoms with E-state index in [0.717, 1.165) is 35.4 Å². The van der Waals surface area contributed by atoms with Crippen LogP contribution in [0.4, 0.5) is 10.1 Å². The van der Waals surface area contributed by atoms with Crippen LogP contribution >= 0.6 is 22.9 Å². The van der Waals surface area contributed by atoms with Gasteiger partial charge in [-0.25, -0.2) is 9.37 Å². The number of nitrogens with one attached hydrogen (secondary N) is 1. The van der Waals surface area contributed by atoms with Crippen LogP contribution in [-0.4, -0.2) is 11.6 Å². The topological polar surface area (TPSA) is 34.2 Å². The van der Waals surface area contributed by atoms with Gasteiger partial charge in [-0.2, -0.15) is 0 Å². The summed E-state index contributed by atoms with van der Waals surface area (Å²) >= 11 is 7.86. The summed E-state index contributed by atoms with van der Waals surface area (Å²) in [6, 6.07) is 10.6. The molecule has 0 amide bonds. The molecule has 0 aliphatic carbocycles. The van der Waals surface area contributed by atoms with Gasteiger partial charge in [0.2, 0.25) is 0 Å². The highest BCUT2D eigenvalue weighted by Gasteiger charge is 2.20. The maximum Gasteiger partial charge on any atom is 0.131 e. The van der Waals surface area contributed by atoms with Crippen LogP contribution in [0.15, 0.2) is 36.4 Å². The van der Waals surface area contributed by atoms with Gasteiger partial charge in [0.15, 0.2) is 0 Å². The van der Waals surface area contributed by atoms with Gasteiger partial charge in [-0.15, -0.1) is 11.3 Å². The molecule has 1 N–H and O–H groups in total. The van der Waals surface area contributed by atoms with Gasteiger partial charge in [0.05, 0.1) is 22.0 Å². The van der Waals surface area contributed by atoms with E-state index in [1.807, 2.05) is 6.07 Å². The van der Waals surface area contributed by atoms with E-state index < -0.39 is 0 Å². The molecule has 1 saturated heterocycles. The molecular formula is C19H18ClFN2OS. The lowest BCUT2D eigenvalue weighted by molar-refractivity contribution is 0.0172. The summed E-state index contributed by atoms with van der Waals surface area (Å²) in [5.41, 5.74) is 2.36. The fourth-order valence-electron chi connectivity index (χ4n) is 3.10. The zero-order valence-electron chi connectivity index (χ0n) is 13.6. The molecule has 1 aliphatic heterocycles. The maximum absolute atomic E-state index is 13.8. The molecule has 4 rings (SSSR count). The lowest BCUT2D eigenvalue weighted by Gasteiger charge is -2.21. The van der Waals surface area contributed by atoms with Gasteiger partial charge in [-0.1, -0.05) is 29.8 Å². The molecule has 6 heteroatoms. The molecule has 3 heterocycles. The van der Waals surface area contributed by atoms with E-state index in [1.54, 1.807) is 29.5 Å². The molecule has 0 radical (unpaired) electrons. The molecule has 2 aromatic heterocycles. The van der Waals surface area contributed by atoms with Crippen LogP contribution in [0, 0.1) is 5.82 Å². The number of pyridine rings is 1. The van der Waals surface area contributed by atoms with Crippen molar-refractivity contribution in [2.75, 3.05) is 11.9 Å². The Kier molecular flexibility index (Phi) is 4.88. The number of benzene rings is 1. The van der Waals surface area contributed by atoms with Crippen LogP contribution in [0.25, 0.3) is 10.2 Å². The van der Waals surface area contributed by atoms with Crippen molar-refractivity contribution < 1.29 is 9.13 Å². The van der Waals surface area contributed by atoms with Crippen molar-refractivity contribution in [2.45, 2.75) is 31.9 Å². The van der Waals surface area contributed by atoms with Crippen LogP contribution in [0.2, 0.25) is 5.15 Å². The summed E-state index contributed by atoms with van der Waals surface area (Å²) < 4.78 is 20.8. The van der Waals surface area contributed by atoms with Crippen molar-refractivity contribution in [1.82, 2.24) is 4.98 Å². The molecule has 3 aromatic rings. The molecular weight excluding hydrogens is 359 g/mol. The number of anilines is 1. The van der Waals surface area contributed by atoms with Crippen LogP contribution in [0.5, 0.6) is 0 Å². The predicted octanol–water partition coefficient (Wildman–Crippen LogP) is 5.94. The van der Waals surface area contributed by atoms with Crippen LogP contribution in [0.1, 0.15) is 35.8 Å². The number of nitrogens with zero attached hydrogens (tertiary/aromatic N) is 1. The van der Waals surface area contributed by atoms with Gasteiger partial charge in [0.1, 0.15) is 11.0 Å². The van der Waals surface area contributed by atoms with E-state index in [1.165, 1.54) is 17.4 Å². The van der Waals surface area contributed by atoms with Gasteiger partial charge in [0, 0.05) is 29.7 Å². The number of aromatic nitrogens is 1. The third kappa shape index (κ3) is 3.64. The van der Waals surface area contributed by atoms with E-state index >= 15 is 0 Å². The van der Waals surface area contributed by atoms with E-state index in [-0.39, 0.29) is 11.9 Å². The lowest BCUT2D eigenvalue weighted by atomic mass is 10.1. The van der Waals surface area contributed by atoms with E-state index in [4.69, 9.17) is 16.3 Å². The van der Waals surface area contributed by atoms with Gasteiger partial charge < -0.3 is 10.1 Å². The summed E-state index contributed by atoms with van der Waals surface area (Å²) in [5, 5.41) is 3.74. The van der Waals surface area contributed by atoms with Crippen LogP contribution in [0.3, 0.4) is 0 Å². The zero-order valence-corrected chi connectivity index (χ0v) is 15.2. The Balaban J connectivity index is 1.63. The number of halogens is 2. The van der Waals surface area contributed by atoms with Crippen molar-refractivity contribution in [2.24, 2.45) is 0 Å². The summed E-state index contributed by atoms with van der Waals surface area (Å²) in [4.78, 5) is 5.61. The Labute approximate surface area is 154 Å². The van der Waals surface area contributed by atoms with E-state index in [2.05, 4.69) is 16.4 Å². The second-order valence-electron chi connectivity index (χ2n) is 6.16. The smallest absolute Gasteiger partial charge is 0.131 e. The average Bonchev–Trinajstić information content (AvgIpc) is 3.05. The molecule has 0 unspecified atom stereocenters. The summed E-state index contributed by atoms with van der Waals surface area (Å²) in [6.07, 6.45) is 3.50. The normalized spacial score (nSPS) is 17.8. The minimum absolute atomic E-state index is 0.145. The third-order valence-electron chi connectivity index (χ3n) is 4.39. The number of hydrogen-bond acceptors (Lipinski definition) is 4. The predicted molar refractivity (Wildman–Crippen MR) is 101 cm³/mol. The maximum atomic E-state index is 13.8. The highest BCUT2D eigenvalue weighted by Crippen LogP contribution is 2.39. The number of ether oxygens (including phenoxy) is 1.